The largest absolute Gasteiger partial charge is 0.350 e. The molecule has 2 heterocycles. The lowest BCUT2D eigenvalue weighted by Gasteiger charge is -2.30. The van der Waals surface area contributed by atoms with Crippen LogP contribution in [0.2, 0.25) is 0 Å². The Balaban J connectivity index is 1.37. The standard InChI is InChI=1S/C28H40N4O2/c1-2-3-17-32-19-13-25(30-26(28(32)34)14-18-31-15-7-4-8-16-31)21-29-27(33)24-12-11-22-9-5-6-10-23(22)20-24/h5-6,9-12,20,25-26,30H,2-4,7-8,13-19,21H2,1H3,(H,29,33)/t25?,26-/m0/s1. The maximum Gasteiger partial charge on any atom is 0.251 e. The highest BCUT2D eigenvalue weighted by Gasteiger charge is 2.31. The van der Waals surface area contributed by atoms with E-state index in [0.717, 1.165) is 69.2 Å². The summed E-state index contributed by atoms with van der Waals surface area (Å²) in [4.78, 5) is 30.7. The predicted molar refractivity (Wildman–Crippen MR) is 138 cm³/mol. The maximum atomic E-state index is 13.3. The number of carbonyl (C=O) groups is 2. The van der Waals surface area contributed by atoms with Crippen molar-refractivity contribution in [3.63, 3.8) is 0 Å². The van der Waals surface area contributed by atoms with Crippen molar-refractivity contribution in [1.82, 2.24) is 20.4 Å². The van der Waals surface area contributed by atoms with Crippen LogP contribution in [-0.2, 0) is 4.79 Å². The Morgan fingerprint density at radius 2 is 1.82 bits per heavy atom. The van der Waals surface area contributed by atoms with Crippen molar-refractivity contribution in [3.8, 4) is 0 Å². The molecule has 0 aromatic heterocycles. The SMILES string of the molecule is CCCCN1CCC(CNC(=O)c2ccc3ccccc3c2)N[C@@H](CCN2CCCCC2)C1=O. The molecule has 6 heteroatoms. The number of rotatable bonds is 9. The van der Waals surface area contributed by atoms with E-state index < -0.39 is 0 Å². The number of unbranched alkanes of at least 4 members (excludes halogenated alkanes) is 1. The van der Waals surface area contributed by atoms with Crippen molar-refractivity contribution in [2.24, 2.45) is 0 Å². The molecule has 2 aromatic rings. The van der Waals surface area contributed by atoms with Gasteiger partial charge < -0.3 is 20.4 Å². The Kier molecular flexibility index (Phi) is 8.94. The molecule has 0 radical (unpaired) electrons. The summed E-state index contributed by atoms with van der Waals surface area (Å²) >= 11 is 0. The molecule has 184 valence electrons. The fourth-order valence-corrected chi connectivity index (χ4v) is 5.16. The summed E-state index contributed by atoms with van der Waals surface area (Å²) in [5.74, 6) is 0.171. The quantitative estimate of drug-likeness (QED) is 0.592. The van der Waals surface area contributed by atoms with Crippen molar-refractivity contribution < 1.29 is 9.59 Å². The third-order valence-corrected chi connectivity index (χ3v) is 7.28. The van der Waals surface area contributed by atoms with Crippen molar-refractivity contribution >= 4 is 22.6 Å². The summed E-state index contributed by atoms with van der Waals surface area (Å²) in [5.41, 5.74) is 0.676. The minimum Gasteiger partial charge on any atom is -0.350 e. The highest BCUT2D eigenvalue weighted by atomic mass is 16.2. The zero-order valence-electron chi connectivity index (χ0n) is 20.6. The van der Waals surface area contributed by atoms with Crippen LogP contribution in [0.1, 0.15) is 62.2 Å². The van der Waals surface area contributed by atoms with E-state index >= 15 is 0 Å². The fourth-order valence-electron chi connectivity index (χ4n) is 5.16. The van der Waals surface area contributed by atoms with Gasteiger partial charge in [0.05, 0.1) is 6.04 Å². The second kappa shape index (κ2) is 12.3. The van der Waals surface area contributed by atoms with E-state index in [0.29, 0.717) is 12.1 Å². The Morgan fingerprint density at radius 3 is 2.62 bits per heavy atom. The van der Waals surface area contributed by atoms with Crippen LogP contribution in [0, 0.1) is 0 Å². The Bertz CT molecular complexity index is 956. The highest BCUT2D eigenvalue weighted by molar-refractivity contribution is 5.98. The number of nitrogens with one attached hydrogen (secondary N) is 2. The molecular formula is C28H40N4O2. The van der Waals surface area contributed by atoms with Gasteiger partial charge in [-0.2, -0.15) is 0 Å². The first-order chi connectivity index (χ1) is 16.6. The summed E-state index contributed by atoms with van der Waals surface area (Å²) < 4.78 is 0. The molecule has 2 N–H and O–H groups in total. The fraction of sp³-hybridized carbons (Fsp3) is 0.571. The van der Waals surface area contributed by atoms with Gasteiger partial charge in [-0.15, -0.1) is 0 Å². The normalized spacial score (nSPS) is 22.0. The first-order valence-electron chi connectivity index (χ1n) is 13.2. The maximum absolute atomic E-state index is 13.3. The summed E-state index contributed by atoms with van der Waals surface area (Å²) in [7, 11) is 0. The monoisotopic (exact) mass is 464 g/mol. The summed E-state index contributed by atoms with van der Waals surface area (Å²) in [6.07, 6.45) is 7.65. The zero-order valence-corrected chi connectivity index (χ0v) is 20.6. The molecule has 4 rings (SSSR count). The molecule has 0 bridgehead atoms. The number of hydrogen-bond donors (Lipinski definition) is 2. The average molecular weight is 465 g/mol. The molecule has 6 nitrogen and oxygen atoms in total. The van der Waals surface area contributed by atoms with Gasteiger partial charge in [0.15, 0.2) is 0 Å². The summed E-state index contributed by atoms with van der Waals surface area (Å²) in [5, 5.41) is 8.93. The van der Waals surface area contributed by atoms with Crippen LogP contribution < -0.4 is 10.6 Å². The number of piperidine rings is 1. The van der Waals surface area contributed by atoms with Crippen LogP contribution >= 0.6 is 0 Å². The number of carbonyl (C=O) groups excluding carboxylic acids is 2. The molecule has 2 aliphatic rings. The van der Waals surface area contributed by atoms with Crippen LogP contribution in [-0.4, -0.2) is 73.0 Å². The molecule has 0 saturated carbocycles. The summed E-state index contributed by atoms with van der Waals surface area (Å²) in [6, 6.07) is 13.8. The van der Waals surface area contributed by atoms with E-state index in [-0.39, 0.29) is 23.9 Å². The van der Waals surface area contributed by atoms with Crippen molar-refractivity contribution in [2.45, 2.75) is 64.0 Å². The first-order valence-corrected chi connectivity index (χ1v) is 13.2. The first kappa shape index (κ1) is 24.7. The molecule has 1 unspecified atom stereocenters. The van der Waals surface area contributed by atoms with Gasteiger partial charge in [0.1, 0.15) is 0 Å². The van der Waals surface area contributed by atoms with Gasteiger partial charge in [-0.05, 0) is 68.1 Å². The molecule has 2 saturated heterocycles. The molecule has 2 amide bonds. The molecule has 0 aliphatic carbocycles. The van der Waals surface area contributed by atoms with Crippen LogP contribution in [0.25, 0.3) is 10.8 Å². The van der Waals surface area contributed by atoms with E-state index in [2.05, 4.69) is 28.5 Å². The van der Waals surface area contributed by atoms with Crippen LogP contribution in [0.5, 0.6) is 0 Å². The average Bonchev–Trinajstić information content (AvgIpc) is 3.03. The van der Waals surface area contributed by atoms with Gasteiger partial charge >= 0.3 is 0 Å². The van der Waals surface area contributed by atoms with E-state index in [9.17, 15) is 9.59 Å². The minimum absolute atomic E-state index is 0.0594. The van der Waals surface area contributed by atoms with E-state index in [4.69, 9.17) is 0 Å². The number of amides is 2. The third kappa shape index (κ3) is 6.57. The van der Waals surface area contributed by atoms with Gasteiger partial charge in [-0.1, -0.05) is 50.1 Å². The van der Waals surface area contributed by atoms with Gasteiger partial charge in [0.2, 0.25) is 5.91 Å². The Labute approximate surface area is 204 Å². The minimum atomic E-state index is -0.177. The van der Waals surface area contributed by atoms with Gasteiger partial charge in [-0.3, -0.25) is 9.59 Å². The second-order valence-corrected chi connectivity index (χ2v) is 9.85. The van der Waals surface area contributed by atoms with Gasteiger partial charge in [0, 0.05) is 37.8 Å². The van der Waals surface area contributed by atoms with Gasteiger partial charge in [-0.25, -0.2) is 0 Å². The van der Waals surface area contributed by atoms with Crippen LogP contribution in [0.3, 0.4) is 0 Å². The topological polar surface area (TPSA) is 64.7 Å². The number of nitrogens with zero attached hydrogens (tertiary/aromatic N) is 2. The van der Waals surface area contributed by atoms with Crippen LogP contribution in [0.4, 0.5) is 0 Å². The molecule has 34 heavy (non-hydrogen) atoms. The van der Waals surface area contributed by atoms with E-state index in [1.807, 2.05) is 41.3 Å². The van der Waals surface area contributed by atoms with Crippen molar-refractivity contribution in [2.75, 3.05) is 39.3 Å². The van der Waals surface area contributed by atoms with Crippen LogP contribution in [0.15, 0.2) is 42.5 Å². The number of hydrogen-bond acceptors (Lipinski definition) is 4. The van der Waals surface area contributed by atoms with Gasteiger partial charge in [0.25, 0.3) is 5.91 Å². The smallest absolute Gasteiger partial charge is 0.251 e. The lowest BCUT2D eigenvalue weighted by atomic mass is 10.1. The predicted octanol–water partition coefficient (Wildman–Crippen LogP) is 3.80. The second-order valence-electron chi connectivity index (χ2n) is 9.85. The lowest BCUT2D eigenvalue weighted by molar-refractivity contribution is -0.133. The Hall–Kier alpha value is -2.44. The highest BCUT2D eigenvalue weighted by Crippen LogP contribution is 2.17. The number of likely N-dealkylation sites (tertiary alicyclic amines) is 1. The number of fused-ring (bicyclic) bond motifs is 1. The van der Waals surface area contributed by atoms with Crippen molar-refractivity contribution in [3.05, 3.63) is 48.0 Å². The number of benzene rings is 2. The molecule has 2 aliphatic heterocycles. The van der Waals surface area contributed by atoms with Crippen molar-refractivity contribution in [1.29, 1.82) is 0 Å². The summed E-state index contributed by atoms with van der Waals surface area (Å²) in [6.45, 7) is 7.52. The molecule has 0 spiro atoms. The molecular weight excluding hydrogens is 424 g/mol. The third-order valence-electron chi connectivity index (χ3n) is 7.28. The van der Waals surface area contributed by atoms with E-state index in [1.54, 1.807) is 0 Å². The zero-order chi connectivity index (χ0) is 23.8. The van der Waals surface area contributed by atoms with E-state index in [1.165, 1.54) is 19.3 Å². The lowest BCUT2D eigenvalue weighted by Crippen LogP contribution is -2.50. The molecule has 2 atom stereocenters. The molecule has 2 fully saturated rings. The Morgan fingerprint density at radius 1 is 1.03 bits per heavy atom. The molecule has 2 aromatic carbocycles.